The van der Waals surface area contributed by atoms with Gasteiger partial charge < -0.3 is 15.8 Å². The van der Waals surface area contributed by atoms with Gasteiger partial charge in [-0.25, -0.2) is 4.99 Å². The third-order valence-corrected chi connectivity index (χ3v) is 3.32. The zero-order chi connectivity index (χ0) is 15.8. The Morgan fingerprint density at radius 1 is 1.30 bits per heavy atom. The van der Waals surface area contributed by atoms with Gasteiger partial charge in [-0.3, -0.25) is 4.98 Å². The second-order valence-corrected chi connectivity index (χ2v) is 5.00. The van der Waals surface area contributed by atoms with Crippen LogP contribution in [0.25, 0.3) is 0 Å². The van der Waals surface area contributed by atoms with Crippen molar-refractivity contribution >= 4 is 29.9 Å². The average molecular weight is 426 g/mol. The van der Waals surface area contributed by atoms with Gasteiger partial charge in [-0.15, -0.1) is 24.0 Å². The number of rotatable bonds is 6. The number of hydrogen-bond donors (Lipinski definition) is 2. The molecule has 6 heteroatoms. The Bertz CT molecular complexity index is 632. The minimum Gasteiger partial charge on any atom is -0.496 e. The monoisotopic (exact) mass is 426 g/mol. The van der Waals surface area contributed by atoms with Crippen molar-refractivity contribution in [2.75, 3.05) is 13.7 Å². The molecule has 1 heterocycles. The summed E-state index contributed by atoms with van der Waals surface area (Å²) in [5, 5.41) is 3.10. The summed E-state index contributed by atoms with van der Waals surface area (Å²) < 4.78 is 5.30. The summed E-state index contributed by atoms with van der Waals surface area (Å²) in [6.45, 7) is 3.25. The molecule has 0 saturated heterocycles. The molecule has 0 saturated carbocycles. The van der Waals surface area contributed by atoms with E-state index >= 15 is 0 Å². The Kier molecular flexibility index (Phi) is 8.39. The van der Waals surface area contributed by atoms with Crippen molar-refractivity contribution in [1.82, 2.24) is 10.3 Å². The van der Waals surface area contributed by atoms with E-state index in [9.17, 15) is 0 Å². The highest BCUT2D eigenvalue weighted by molar-refractivity contribution is 14.0. The lowest BCUT2D eigenvalue weighted by molar-refractivity contribution is 0.411. The minimum absolute atomic E-state index is 0. The number of hydrogen-bond acceptors (Lipinski definition) is 3. The Morgan fingerprint density at radius 2 is 2.13 bits per heavy atom. The summed E-state index contributed by atoms with van der Waals surface area (Å²) in [7, 11) is 1.67. The van der Waals surface area contributed by atoms with Gasteiger partial charge in [-0.1, -0.05) is 18.2 Å². The maximum absolute atomic E-state index is 5.87. The van der Waals surface area contributed by atoms with E-state index in [0.717, 1.165) is 29.0 Å². The quantitative estimate of drug-likeness (QED) is 0.423. The number of nitrogens with zero attached hydrogens (tertiary/aromatic N) is 2. The van der Waals surface area contributed by atoms with E-state index in [-0.39, 0.29) is 24.0 Å². The standard InChI is InChI=1S/C17H22N4O.HI/c1-13-6-7-14(11-16(13)22-2)12-21-17(18)20-10-8-15-5-3-4-9-19-15;/h3-7,9,11H,8,10,12H2,1-2H3,(H3,18,20,21);1H. The van der Waals surface area contributed by atoms with Gasteiger partial charge in [-0.2, -0.15) is 0 Å². The average Bonchev–Trinajstić information content (AvgIpc) is 2.55. The van der Waals surface area contributed by atoms with Crippen LogP contribution in [0.5, 0.6) is 5.75 Å². The van der Waals surface area contributed by atoms with E-state index in [4.69, 9.17) is 10.5 Å². The molecule has 2 aromatic rings. The summed E-state index contributed by atoms with van der Waals surface area (Å²) in [6, 6.07) is 11.9. The van der Waals surface area contributed by atoms with Crippen LogP contribution in [0.4, 0.5) is 0 Å². The Balaban J connectivity index is 0.00000264. The van der Waals surface area contributed by atoms with E-state index in [1.807, 2.05) is 43.3 Å². The maximum atomic E-state index is 5.87. The molecule has 0 radical (unpaired) electrons. The fourth-order valence-electron chi connectivity index (χ4n) is 2.06. The van der Waals surface area contributed by atoms with Crippen LogP contribution in [0.3, 0.4) is 0 Å². The minimum atomic E-state index is 0. The molecule has 0 spiro atoms. The number of guanidine groups is 1. The highest BCUT2D eigenvalue weighted by Gasteiger charge is 2.00. The number of benzene rings is 1. The first-order chi connectivity index (χ1) is 10.7. The van der Waals surface area contributed by atoms with Crippen LogP contribution >= 0.6 is 24.0 Å². The molecule has 5 nitrogen and oxygen atoms in total. The van der Waals surface area contributed by atoms with Crippen molar-refractivity contribution < 1.29 is 4.74 Å². The number of nitrogens with two attached hydrogens (primary N) is 1. The second-order valence-electron chi connectivity index (χ2n) is 5.00. The number of methoxy groups -OCH3 is 1. The van der Waals surface area contributed by atoms with Gasteiger partial charge in [0.05, 0.1) is 13.7 Å². The molecule has 1 aromatic carbocycles. The van der Waals surface area contributed by atoms with Crippen LogP contribution in [0.1, 0.15) is 16.8 Å². The van der Waals surface area contributed by atoms with Crippen molar-refractivity contribution in [2.24, 2.45) is 10.7 Å². The fourth-order valence-corrected chi connectivity index (χ4v) is 2.06. The van der Waals surface area contributed by atoms with Gasteiger partial charge in [-0.05, 0) is 36.2 Å². The summed E-state index contributed by atoms with van der Waals surface area (Å²) >= 11 is 0. The lowest BCUT2D eigenvalue weighted by Gasteiger charge is -2.07. The van der Waals surface area contributed by atoms with Gasteiger partial charge in [0.1, 0.15) is 5.75 Å². The molecule has 3 N–H and O–H groups in total. The zero-order valence-electron chi connectivity index (χ0n) is 13.5. The molecular formula is C17H23IN4O. The number of aliphatic imine (C=N–C) groups is 1. The van der Waals surface area contributed by atoms with Gasteiger partial charge in [0, 0.05) is 24.9 Å². The molecule has 0 atom stereocenters. The summed E-state index contributed by atoms with van der Waals surface area (Å²) in [5.41, 5.74) is 9.08. The number of halogens is 1. The van der Waals surface area contributed by atoms with E-state index in [1.165, 1.54) is 0 Å². The van der Waals surface area contributed by atoms with Crippen LogP contribution in [-0.2, 0) is 13.0 Å². The van der Waals surface area contributed by atoms with E-state index < -0.39 is 0 Å². The molecule has 0 fully saturated rings. The predicted molar refractivity (Wildman–Crippen MR) is 104 cm³/mol. The molecule has 124 valence electrons. The first kappa shape index (κ1) is 19.2. The molecule has 23 heavy (non-hydrogen) atoms. The Morgan fingerprint density at radius 3 is 2.83 bits per heavy atom. The van der Waals surface area contributed by atoms with Crippen molar-refractivity contribution in [1.29, 1.82) is 0 Å². The molecule has 1 aromatic heterocycles. The van der Waals surface area contributed by atoms with Gasteiger partial charge in [0.2, 0.25) is 0 Å². The smallest absolute Gasteiger partial charge is 0.188 e. The van der Waals surface area contributed by atoms with Crippen LogP contribution in [0, 0.1) is 6.92 Å². The Labute approximate surface area is 154 Å². The molecule has 0 amide bonds. The number of ether oxygens (including phenoxy) is 1. The fraction of sp³-hybridized carbons (Fsp3) is 0.294. The lowest BCUT2D eigenvalue weighted by Crippen LogP contribution is -2.33. The topological polar surface area (TPSA) is 72.5 Å². The molecule has 0 bridgehead atoms. The van der Waals surface area contributed by atoms with Crippen molar-refractivity contribution in [3.63, 3.8) is 0 Å². The van der Waals surface area contributed by atoms with E-state index in [2.05, 4.69) is 15.3 Å². The van der Waals surface area contributed by atoms with Gasteiger partial charge in [0.15, 0.2) is 5.96 Å². The largest absolute Gasteiger partial charge is 0.496 e. The first-order valence-corrected chi connectivity index (χ1v) is 7.26. The van der Waals surface area contributed by atoms with Crippen LogP contribution in [-0.4, -0.2) is 24.6 Å². The lowest BCUT2D eigenvalue weighted by atomic mass is 10.1. The van der Waals surface area contributed by atoms with Crippen LogP contribution < -0.4 is 15.8 Å². The molecule has 0 aliphatic rings. The number of nitrogens with one attached hydrogen (secondary N) is 1. The SMILES string of the molecule is COc1cc(CN=C(N)NCCc2ccccn2)ccc1C.I. The normalized spacial score (nSPS) is 10.8. The molecule has 0 unspecified atom stereocenters. The molecule has 0 aliphatic carbocycles. The van der Waals surface area contributed by atoms with Crippen LogP contribution in [0.2, 0.25) is 0 Å². The zero-order valence-corrected chi connectivity index (χ0v) is 15.8. The van der Waals surface area contributed by atoms with E-state index in [1.54, 1.807) is 13.3 Å². The highest BCUT2D eigenvalue weighted by atomic mass is 127. The maximum Gasteiger partial charge on any atom is 0.188 e. The summed E-state index contributed by atoms with van der Waals surface area (Å²) in [6.07, 6.45) is 2.60. The third kappa shape index (κ3) is 6.43. The first-order valence-electron chi connectivity index (χ1n) is 7.26. The number of aryl methyl sites for hydroxylation is 1. The van der Waals surface area contributed by atoms with Crippen molar-refractivity contribution in [2.45, 2.75) is 19.9 Å². The summed E-state index contributed by atoms with van der Waals surface area (Å²) in [4.78, 5) is 8.60. The van der Waals surface area contributed by atoms with E-state index in [0.29, 0.717) is 19.0 Å². The van der Waals surface area contributed by atoms with Gasteiger partial charge >= 0.3 is 0 Å². The van der Waals surface area contributed by atoms with Crippen molar-refractivity contribution in [3.05, 3.63) is 59.4 Å². The van der Waals surface area contributed by atoms with Crippen molar-refractivity contribution in [3.8, 4) is 5.75 Å². The third-order valence-electron chi connectivity index (χ3n) is 3.32. The molecular weight excluding hydrogens is 403 g/mol. The molecule has 2 rings (SSSR count). The van der Waals surface area contributed by atoms with Gasteiger partial charge in [0.25, 0.3) is 0 Å². The number of pyridine rings is 1. The summed E-state index contributed by atoms with van der Waals surface area (Å²) in [5.74, 6) is 1.31. The van der Waals surface area contributed by atoms with Crippen LogP contribution in [0.15, 0.2) is 47.6 Å². The second kappa shape index (κ2) is 10.0. The predicted octanol–water partition coefficient (Wildman–Crippen LogP) is 2.66. The molecule has 0 aliphatic heterocycles. The number of aromatic nitrogens is 1. The Hall–Kier alpha value is -1.83. The highest BCUT2D eigenvalue weighted by Crippen LogP contribution is 2.19.